The molecule has 7 atom stereocenters. The summed E-state index contributed by atoms with van der Waals surface area (Å²) in [4.78, 5) is 2.23. The van der Waals surface area contributed by atoms with Crippen molar-refractivity contribution >= 4 is 32.5 Å². The summed E-state index contributed by atoms with van der Waals surface area (Å²) in [5.41, 5.74) is 5.92. The van der Waals surface area contributed by atoms with Crippen LogP contribution in [-0.2, 0) is 17.0 Å². The van der Waals surface area contributed by atoms with E-state index < -0.39 is 0 Å². The molecule has 0 spiro atoms. The van der Waals surface area contributed by atoms with Crippen LogP contribution >= 0.6 is 17.5 Å². The molecule has 6 rings (SSSR count). The Morgan fingerprint density at radius 2 is 1.47 bits per heavy atom. The molecule has 4 fully saturated rings. The van der Waals surface area contributed by atoms with Gasteiger partial charge in [0, 0.05) is 0 Å². The molecule has 32 heavy (non-hydrogen) atoms. The van der Waals surface area contributed by atoms with Crippen LogP contribution in [0.25, 0.3) is 11.1 Å². The molecule has 4 aliphatic carbocycles. The summed E-state index contributed by atoms with van der Waals surface area (Å²) in [5, 5.41) is 1.69. The van der Waals surface area contributed by atoms with Crippen molar-refractivity contribution in [1.82, 2.24) is 0 Å². The number of hydrogen-bond acceptors (Lipinski definition) is 1. The van der Waals surface area contributed by atoms with Gasteiger partial charge in [-0.1, -0.05) is 0 Å². The molecule has 4 aliphatic rings. The van der Waals surface area contributed by atoms with Crippen LogP contribution in [0, 0.1) is 23.7 Å². The van der Waals surface area contributed by atoms with Crippen molar-refractivity contribution in [2.75, 3.05) is 19.0 Å². The van der Waals surface area contributed by atoms with Gasteiger partial charge in [0.25, 0.3) is 0 Å². The number of halogens is 1. The Bertz CT molecular complexity index is 965. The molecule has 0 amide bonds. The van der Waals surface area contributed by atoms with E-state index in [4.69, 9.17) is 9.53 Å². The van der Waals surface area contributed by atoms with Crippen molar-refractivity contribution in [3.63, 3.8) is 0 Å². The molecule has 2 aromatic rings. The number of anilines is 1. The summed E-state index contributed by atoms with van der Waals surface area (Å²) in [6, 6.07) is 16.3. The minimum atomic E-state index is -0.0718. The summed E-state index contributed by atoms with van der Waals surface area (Å²) >= 11 is 0.105. The summed E-state index contributed by atoms with van der Waals surface area (Å²) in [5.74, 6) is 4.11. The second-order valence-electron chi connectivity index (χ2n) is 11.0. The van der Waals surface area contributed by atoms with Gasteiger partial charge in [0.05, 0.1) is 0 Å². The van der Waals surface area contributed by atoms with E-state index in [1.807, 2.05) is 0 Å². The second kappa shape index (κ2) is 9.01. The third kappa shape index (κ3) is 3.83. The molecule has 1 nitrogen and oxygen atoms in total. The Labute approximate surface area is 207 Å². The van der Waals surface area contributed by atoms with Crippen LogP contribution in [0.2, 0.25) is 0 Å². The predicted octanol–water partition coefficient (Wildman–Crippen LogP) is 6.77. The topological polar surface area (TPSA) is 3.24 Å². The number of nitrogens with zero attached hydrogens (tertiary/aromatic N) is 1. The van der Waals surface area contributed by atoms with Crippen molar-refractivity contribution in [2.45, 2.75) is 62.7 Å². The van der Waals surface area contributed by atoms with Gasteiger partial charge in [-0.15, -0.1) is 0 Å². The van der Waals surface area contributed by atoms with E-state index in [-0.39, 0.29) is 24.9 Å². The van der Waals surface area contributed by atoms with Crippen molar-refractivity contribution < 1.29 is 17.0 Å². The van der Waals surface area contributed by atoms with Gasteiger partial charge in [0.2, 0.25) is 0 Å². The van der Waals surface area contributed by atoms with Crippen LogP contribution in [0.4, 0.5) is 5.69 Å². The fourth-order valence-electron chi connectivity index (χ4n) is 7.73. The average molecular weight is 558 g/mol. The number of fused-ring (bicyclic) bond motifs is 4. The van der Waals surface area contributed by atoms with Crippen LogP contribution < -0.4 is 14.2 Å². The fourth-order valence-corrected chi connectivity index (χ4v) is 13.6. The van der Waals surface area contributed by atoms with Gasteiger partial charge in [-0.05, 0) is 0 Å². The van der Waals surface area contributed by atoms with Crippen LogP contribution in [0.15, 0.2) is 42.5 Å². The fraction of sp³-hybridized carbons (Fsp3) is 0.571. The summed E-state index contributed by atoms with van der Waals surface area (Å²) in [6.07, 6.45) is 12.1. The Morgan fingerprint density at radius 3 is 2.00 bits per heavy atom. The number of hydrogen-bond donors (Lipinski definition) is 0. The van der Waals surface area contributed by atoms with Crippen LogP contribution in [0.1, 0.15) is 51.4 Å². The van der Waals surface area contributed by atoms with Gasteiger partial charge in [-0.3, -0.25) is 0 Å². The third-order valence-electron chi connectivity index (χ3n) is 9.08. The molecule has 0 N–H and O–H groups in total. The predicted molar refractivity (Wildman–Crippen MR) is 137 cm³/mol. The monoisotopic (exact) mass is 557 g/mol. The van der Waals surface area contributed by atoms with Crippen LogP contribution in [0.5, 0.6) is 0 Å². The Morgan fingerprint density at radius 1 is 0.812 bits per heavy atom. The number of para-hydroxylation sites is 1. The molecule has 0 saturated heterocycles. The van der Waals surface area contributed by atoms with E-state index in [1.165, 1.54) is 72.2 Å². The van der Waals surface area contributed by atoms with Crippen LogP contribution in [0.3, 0.4) is 0 Å². The van der Waals surface area contributed by atoms with E-state index in [1.54, 1.807) is 5.30 Å². The molecule has 4 heteroatoms. The molecule has 0 heterocycles. The molecule has 174 valence electrons. The van der Waals surface area contributed by atoms with Crippen molar-refractivity contribution in [3.05, 3.63) is 42.5 Å². The maximum atomic E-state index is 6.68. The van der Waals surface area contributed by atoms with Crippen molar-refractivity contribution in [3.8, 4) is 11.1 Å². The first-order valence-electron chi connectivity index (χ1n) is 12.5. The second-order valence-corrected chi connectivity index (χ2v) is 15.5. The summed E-state index contributed by atoms with van der Waals surface area (Å²) in [7, 11) is 10.9. The van der Waals surface area contributed by atoms with Gasteiger partial charge in [-0.25, -0.2) is 0 Å². The number of benzene rings is 2. The molecular formula is C28H35ClNPPd. The normalized spacial score (nSPS) is 33.8. The molecule has 4 bridgehead atoms. The molecule has 5 unspecified atom stereocenters. The molecule has 0 radical (unpaired) electrons. The third-order valence-corrected chi connectivity index (χ3v) is 14.4. The van der Waals surface area contributed by atoms with Crippen LogP contribution in [-0.4, -0.2) is 25.4 Å². The quantitative estimate of drug-likeness (QED) is 0.280. The van der Waals surface area contributed by atoms with Gasteiger partial charge in [0.15, 0.2) is 0 Å². The standard InChI is InChI=1S/C28H35NP.ClH.Pd/c1-29(2)26-6-4-3-5-25(26)21-11-13-24(14-12-21)30(27-17-19-7-9-22(27)15-19)28-18-20-8-10-23(28)16-20;;/h3-6,11,13-14,19-20,22-23,27-28H,7-10,15-18H2,1-2H3;1H;/q;;+1/p-1/t19-,20?,22+,23?,27?,28?,30?;;/m1../s1. The molecule has 4 saturated carbocycles. The van der Waals surface area contributed by atoms with E-state index in [0.717, 1.165) is 35.0 Å². The Balaban J connectivity index is 1.40. The molecule has 0 aliphatic heterocycles. The minimum absolute atomic E-state index is 0.0718. The first kappa shape index (κ1) is 22.1. The molecule has 2 aromatic carbocycles. The zero-order valence-electron chi connectivity index (χ0n) is 19.3. The van der Waals surface area contributed by atoms with Gasteiger partial charge in [-0.2, -0.15) is 0 Å². The average Bonchev–Trinajstić information content (AvgIpc) is 3.62. The first-order chi connectivity index (χ1) is 15.6. The summed E-state index contributed by atoms with van der Waals surface area (Å²) in [6.45, 7) is 0. The zero-order chi connectivity index (χ0) is 21.8. The van der Waals surface area contributed by atoms with E-state index in [9.17, 15) is 0 Å². The Kier molecular flexibility index (Phi) is 6.22. The van der Waals surface area contributed by atoms with E-state index in [2.05, 4.69) is 61.5 Å². The van der Waals surface area contributed by atoms with Crippen molar-refractivity contribution in [2.24, 2.45) is 23.7 Å². The maximum absolute atomic E-state index is 6.68. The SMILES string of the molecule is CN(C)c1ccccc1-c1ccc(P(C2CC3CCC2C3)C2C[C@@H]3CC[C@H]2C3)c[c]1[Pd][Cl]. The van der Waals surface area contributed by atoms with Gasteiger partial charge >= 0.3 is 208 Å². The van der Waals surface area contributed by atoms with E-state index in [0.29, 0.717) is 0 Å². The Hall–Kier alpha value is -0.378. The summed E-state index contributed by atoms with van der Waals surface area (Å²) < 4.78 is 1.38. The molecule has 0 aromatic heterocycles. The molecular weight excluding hydrogens is 523 g/mol. The van der Waals surface area contributed by atoms with E-state index >= 15 is 0 Å². The van der Waals surface area contributed by atoms with Gasteiger partial charge in [0.1, 0.15) is 0 Å². The zero-order valence-corrected chi connectivity index (χ0v) is 22.5. The number of rotatable bonds is 6. The first-order valence-corrected chi connectivity index (χ1v) is 16.8. The van der Waals surface area contributed by atoms with Gasteiger partial charge < -0.3 is 0 Å². The van der Waals surface area contributed by atoms with Crippen molar-refractivity contribution in [1.29, 1.82) is 0 Å².